The molecular formula is C19H28N6S. The molecule has 0 amide bonds. The molecule has 1 saturated carbocycles. The van der Waals surface area contributed by atoms with Crippen LogP contribution in [-0.4, -0.2) is 55.8 Å². The molecule has 4 rings (SSSR count). The van der Waals surface area contributed by atoms with E-state index in [1.165, 1.54) is 37.7 Å². The first-order valence-corrected chi connectivity index (χ1v) is 10.2. The lowest BCUT2D eigenvalue weighted by atomic mass is 9.96. The lowest BCUT2D eigenvalue weighted by molar-refractivity contribution is 0.0974. The number of rotatable bonds is 5. The van der Waals surface area contributed by atoms with Crippen molar-refractivity contribution in [3.8, 4) is 0 Å². The van der Waals surface area contributed by atoms with E-state index in [2.05, 4.69) is 50.6 Å². The average Bonchev–Trinajstić information content (AvgIpc) is 3.05. The number of hydrogen-bond acceptors (Lipinski definition) is 5. The fourth-order valence-electron chi connectivity index (χ4n) is 4.05. The van der Waals surface area contributed by atoms with E-state index in [9.17, 15) is 0 Å². The summed E-state index contributed by atoms with van der Waals surface area (Å²) < 4.78 is 4.67. The minimum Gasteiger partial charge on any atom is -0.297 e. The van der Waals surface area contributed by atoms with Crippen molar-refractivity contribution in [1.82, 2.24) is 29.6 Å². The summed E-state index contributed by atoms with van der Waals surface area (Å²) in [6.45, 7) is 6.05. The Morgan fingerprint density at radius 2 is 1.58 bits per heavy atom. The minimum absolute atomic E-state index is 0.452. The highest BCUT2D eigenvalue weighted by Gasteiger charge is 2.21. The quantitative estimate of drug-likeness (QED) is 0.755. The Kier molecular flexibility index (Phi) is 5.77. The largest absolute Gasteiger partial charge is 0.297 e. The third-order valence-corrected chi connectivity index (χ3v) is 6.03. The van der Waals surface area contributed by atoms with E-state index in [0.29, 0.717) is 6.04 Å². The molecule has 26 heavy (non-hydrogen) atoms. The molecule has 140 valence electrons. The molecule has 0 unspecified atom stereocenters. The number of nitrogens with zero attached hydrogens (tertiary/aromatic N) is 6. The first-order valence-electron chi connectivity index (χ1n) is 9.80. The van der Waals surface area contributed by atoms with Crippen LogP contribution in [0.2, 0.25) is 0 Å². The van der Waals surface area contributed by atoms with Gasteiger partial charge in [-0.3, -0.25) is 9.80 Å². The summed E-state index contributed by atoms with van der Waals surface area (Å²) in [7, 11) is 0. The molecule has 7 heteroatoms. The summed E-state index contributed by atoms with van der Waals surface area (Å²) in [5.74, 6) is 0. The fraction of sp³-hybridized carbons (Fsp3) is 0.632. The Bertz CT molecular complexity index is 741. The summed E-state index contributed by atoms with van der Waals surface area (Å²) in [5, 5.41) is 8.71. The predicted octanol–water partition coefficient (Wildman–Crippen LogP) is 3.09. The molecule has 2 aromatic rings. The second-order valence-electron chi connectivity index (χ2n) is 7.52. The molecule has 0 bridgehead atoms. The molecule has 0 N–H and O–H groups in total. The van der Waals surface area contributed by atoms with Gasteiger partial charge in [0.25, 0.3) is 0 Å². The van der Waals surface area contributed by atoms with Crippen LogP contribution in [0.4, 0.5) is 0 Å². The zero-order valence-electron chi connectivity index (χ0n) is 15.3. The fourth-order valence-corrected chi connectivity index (χ4v) is 4.33. The Morgan fingerprint density at radius 3 is 2.31 bits per heavy atom. The SMILES string of the molecule is S=c1n(CN2CCN(Cc3ccccc3)CC2)nnn1C1CCCCC1. The molecular weight excluding hydrogens is 344 g/mol. The van der Waals surface area contributed by atoms with Crippen LogP contribution in [0.1, 0.15) is 43.7 Å². The van der Waals surface area contributed by atoms with E-state index in [4.69, 9.17) is 12.2 Å². The van der Waals surface area contributed by atoms with Gasteiger partial charge >= 0.3 is 0 Å². The van der Waals surface area contributed by atoms with E-state index in [0.717, 1.165) is 44.2 Å². The van der Waals surface area contributed by atoms with Crippen LogP contribution >= 0.6 is 12.2 Å². The summed E-state index contributed by atoms with van der Waals surface area (Å²) in [4.78, 5) is 4.95. The molecule has 6 nitrogen and oxygen atoms in total. The first kappa shape index (κ1) is 17.8. The molecule has 1 aliphatic carbocycles. The third-order valence-electron chi connectivity index (χ3n) is 5.63. The maximum Gasteiger partial charge on any atom is 0.217 e. The Labute approximate surface area is 160 Å². The molecule has 2 aliphatic rings. The van der Waals surface area contributed by atoms with Crippen molar-refractivity contribution in [2.24, 2.45) is 0 Å². The standard InChI is InChI=1S/C19H28N6S/c26-19-24(20-21-25(19)18-9-5-2-6-10-18)16-23-13-11-22(12-14-23)15-17-7-3-1-4-8-17/h1,3-4,7-8,18H,2,5-6,9-16H2. The van der Waals surface area contributed by atoms with Crippen LogP contribution in [0, 0.1) is 4.77 Å². The maximum absolute atomic E-state index is 5.65. The second-order valence-corrected chi connectivity index (χ2v) is 7.88. The van der Waals surface area contributed by atoms with Crippen molar-refractivity contribution in [2.45, 2.75) is 51.4 Å². The van der Waals surface area contributed by atoms with Gasteiger partial charge in [0.2, 0.25) is 4.77 Å². The number of benzene rings is 1. The van der Waals surface area contributed by atoms with Gasteiger partial charge < -0.3 is 0 Å². The zero-order chi connectivity index (χ0) is 17.8. The van der Waals surface area contributed by atoms with Crippen LogP contribution in [0.15, 0.2) is 30.3 Å². The van der Waals surface area contributed by atoms with Gasteiger partial charge in [-0.15, -0.1) is 0 Å². The zero-order valence-corrected chi connectivity index (χ0v) is 16.2. The summed E-state index contributed by atoms with van der Waals surface area (Å²) in [6, 6.07) is 11.2. The van der Waals surface area contributed by atoms with Gasteiger partial charge in [0.15, 0.2) is 0 Å². The van der Waals surface area contributed by atoms with Gasteiger partial charge in [0.05, 0.1) is 12.7 Å². The van der Waals surface area contributed by atoms with Crippen molar-refractivity contribution in [3.05, 3.63) is 40.7 Å². The van der Waals surface area contributed by atoms with E-state index in [-0.39, 0.29) is 0 Å². The van der Waals surface area contributed by atoms with Crippen LogP contribution in [0.3, 0.4) is 0 Å². The lowest BCUT2D eigenvalue weighted by Gasteiger charge is -2.34. The molecule has 1 aliphatic heterocycles. The predicted molar refractivity (Wildman–Crippen MR) is 104 cm³/mol. The van der Waals surface area contributed by atoms with Gasteiger partial charge in [-0.1, -0.05) is 49.6 Å². The van der Waals surface area contributed by atoms with Gasteiger partial charge in [-0.2, -0.15) is 0 Å². The van der Waals surface area contributed by atoms with Gasteiger partial charge in [-0.25, -0.2) is 9.36 Å². The number of hydrogen-bond donors (Lipinski definition) is 0. The van der Waals surface area contributed by atoms with Gasteiger partial charge in [0, 0.05) is 32.7 Å². The topological polar surface area (TPSA) is 42.1 Å². The first-order chi connectivity index (χ1) is 12.8. The van der Waals surface area contributed by atoms with Gasteiger partial charge in [0.1, 0.15) is 0 Å². The van der Waals surface area contributed by atoms with E-state index >= 15 is 0 Å². The van der Waals surface area contributed by atoms with Crippen molar-refractivity contribution in [3.63, 3.8) is 0 Å². The van der Waals surface area contributed by atoms with Crippen molar-refractivity contribution in [1.29, 1.82) is 0 Å². The molecule has 1 saturated heterocycles. The molecule has 1 aromatic heterocycles. The van der Waals surface area contributed by atoms with E-state index in [1.54, 1.807) is 0 Å². The van der Waals surface area contributed by atoms with Gasteiger partial charge in [-0.05, 0) is 41.0 Å². The Morgan fingerprint density at radius 1 is 0.885 bits per heavy atom. The molecule has 0 spiro atoms. The smallest absolute Gasteiger partial charge is 0.217 e. The summed E-state index contributed by atoms with van der Waals surface area (Å²) >= 11 is 5.65. The highest BCUT2D eigenvalue weighted by atomic mass is 32.1. The highest BCUT2D eigenvalue weighted by Crippen LogP contribution is 2.27. The molecule has 1 aromatic carbocycles. The van der Waals surface area contributed by atoms with Crippen molar-refractivity contribution < 1.29 is 0 Å². The summed E-state index contributed by atoms with van der Waals surface area (Å²) in [6.07, 6.45) is 6.27. The number of aromatic nitrogens is 4. The lowest BCUT2D eigenvalue weighted by Crippen LogP contribution is -2.46. The van der Waals surface area contributed by atoms with E-state index in [1.807, 2.05) is 9.36 Å². The average molecular weight is 373 g/mol. The second kappa shape index (κ2) is 8.41. The third kappa shape index (κ3) is 4.22. The van der Waals surface area contributed by atoms with E-state index < -0.39 is 0 Å². The van der Waals surface area contributed by atoms with Crippen molar-refractivity contribution in [2.75, 3.05) is 26.2 Å². The normalized spacial score (nSPS) is 20.5. The van der Waals surface area contributed by atoms with Crippen LogP contribution in [0.25, 0.3) is 0 Å². The number of piperazine rings is 1. The Balaban J connectivity index is 1.30. The molecule has 0 radical (unpaired) electrons. The van der Waals surface area contributed by atoms with Crippen LogP contribution in [0.5, 0.6) is 0 Å². The molecule has 2 heterocycles. The Hall–Kier alpha value is -1.57. The highest BCUT2D eigenvalue weighted by molar-refractivity contribution is 7.71. The summed E-state index contributed by atoms with van der Waals surface area (Å²) in [5.41, 5.74) is 1.39. The molecule has 0 atom stereocenters. The minimum atomic E-state index is 0.452. The maximum atomic E-state index is 5.65. The van der Waals surface area contributed by atoms with Crippen LogP contribution < -0.4 is 0 Å². The molecule has 2 fully saturated rings. The number of tetrazole rings is 1. The van der Waals surface area contributed by atoms with Crippen molar-refractivity contribution >= 4 is 12.2 Å². The monoisotopic (exact) mass is 372 g/mol. The van der Waals surface area contributed by atoms with Crippen LogP contribution in [-0.2, 0) is 13.2 Å².